The van der Waals surface area contributed by atoms with E-state index in [-0.39, 0.29) is 17.9 Å². The summed E-state index contributed by atoms with van der Waals surface area (Å²) < 4.78 is 4.88. The lowest BCUT2D eigenvalue weighted by Gasteiger charge is -2.35. The Hall–Kier alpha value is -1.10. The van der Waals surface area contributed by atoms with E-state index in [0.29, 0.717) is 6.54 Å². The van der Waals surface area contributed by atoms with Gasteiger partial charge in [-0.15, -0.1) is 0 Å². The fourth-order valence-corrected chi connectivity index (χ4v) is 3.35. The summed E-state index contributed by atoms with van der Waals surface area (Å²) in [5.74, 6) is -0.0251. The third-order valence-corrected chi connectivity index (χ3v) is 4.63. The van der Waals surface area contributed by atoms with Gasteiger partial charge in [-0.2, -0.15) is 0 Å². The number of nitrogens with zero attached hydrogens (tertiary/aromatic N) is 2. The van der Waals surface area contributed by atoms with E-state index < -0.39 is 0 Å². The zero-order chi connectivity index (χ0) is 15.1. The fourth-order valence-electron chi connectivity index (χ4n) is 3.35. The van der Waals surface area contributed by atoms with Crippen LogP contribution in [0.3, 0.4) is 0 Å². The van der Waals surface area contributed by atoms with Gasteiger partial charge in [0.2, 0.25) is 5.91 Å². The molecule has 2 aliphatic heterocycles. The maximum Gasteiger partial charge on any atom is 0.323 e. The molecule has 0 aromatic carbocycles. The van der Waals surface area contributed by atoms with Gasteiger partial charge in [0.25, 0.3) is 0 Å². The molecule has 2 heterocycles. The molecular formula is C16H28N2O3. The molecule has 2 aliphatic rings. The van der Waals surface area contributed by atoms with Crippen LogP contribution in [0.5, 0.6) is 0 Å². The van der Waals surface area contributed by atoms with Gasteiger partial charge in [-0.05, 0) is 32.2 Å². The number of piperidine rings is 1. The van der Waals surface area contributed by atoms with Crippen molar-refractivity contribution in [1.82, 2.24) is 9.80 Å². The summed E-state index contributed by atoms with van der Waals surface area (Å²) in [7, 11) is 1.43. The van der Waals surface area contributed by atoms with Crippen LogP contribution in [0.1, 0.15) is 51.4 Å². The minimum absolute atomic E-state index is 0.174. The molecule has 2 rings (SSSR count). The van der Waals surface area contributed by atoms with Gasteiger partial charge in [0.15, 0.2) is 0 Å². The molecule has 5 nitrogen and oxygen atoms in total. The van der Waals surface area contributed by atoms with E-state index in [9.17, 15) is 9.59 Å². The number of likely N-dealkylation sites (tertiary alicyclic amines) is 2. The second-order valence-electron chi connectivity index (χ2n) is 6.15. The third-order valence-electron chi connectivity index (χ3n) is 4.63. The second-order valence-corrected chi connectivity index (χ2v) is 6.15. The lowest BCUT2D eigenvalue weighted by molar-refractivity contribution is -0.149. The SMILES string of the molecule is COC(=O)[C@H]1CCCCN1CC(=O)N1CCCCCCC1. The number of esters is 1. The standard InChI is InChI=1S/C16H28N2O3/c1-21-16(20)14-9-5-8-12-18(14)13-15(19)17-10-6-3-2-4-7-11-17/h14H,2-13H2,1H3/t14-/m1/s1. The molecule has 0 aliphatic carbocycles. The second kappa shape index (κ2) is 8.37. The number of methoxy groups -OCH3 is 1. The number of amides is 1. The lowest BCUT2D eigenvalue weighted by atomic mass is 10.0. The number of carbonyl (C=O) groups is 2. The van der Waals surface area contributed by atoms with E-state index >= 15 is 0 Å². The topological polar surface area (TPSA) is 49.9 Å². The first-order valence-electron chi connectivity index (χ1n) is 8.32. The molecule has 5 heteroatoms. The van der Waals surface area contributed by atoms with Gasteiger partial charge in [0.05, 0.1) is 13.7 Å². The zero-order valence-corrected chi connectivity index (χ0v) is 13.2. The van der Waals surface area contributed by atoms with E-state index in [0.717, 1.165) is 51.7 Å². The first-order chi connectivity index (χ1) is 10.2. The van der Waals surface area contributed by atoms with Crippen molar-refractivity contribution in [2.24, 2.45) is 0 Å². The van der Waals surface area contributed by atoms with Crippen molar-refractivity contribution in [3.05, 3.63) is 0 Å². The molecule has 0 spiro atoms. The summed E-state index contributed by atoms with van der Waals surface area (Å²) in [5, 5.41) is 0. The molecule has 0 aromatic heterocycles. The molecule has 0 radical (unpaired) electrons. The highest BCUT2D eigenvalue weighted by atomic mass is 16.5. The van der Waals surface area contributed by atoms with E-state index in [1.165, 1.54) is 26.4 Å². The number of ether oxygens (including phenoxy) is 1. The Morgan fingerprint density at radius 1 is 0.952 bits per heavy atom. The monoisotopic (exact) mass is 296 g/mol. The van der Waals surface area contributed by atoms with Crippen molar-refractivity contribution in [2.45, 2.75) is 57.4 Å². The van der Waals surface area contributed by atoms with Gasteiger partial charge >= 0.3 is 5.97 Å². The fraction of sp³-hybridized carbons (Fsp3) is 0.875. The quantitative estimate of drug-likeness (QED) is 0.745. The van der Waals surface area contributed by atoms with Crippen molar-refractivity contribution >= 4 is 11.9 Å². The lowest BCUT2D eigenvalue weighted by Crippen LogP contribution is -2.50. The largest absolute Gasteiger partial charge is 0.468 e. The molecule has 0 bridgehead atoms. The van der Waals surface area contributed by atoms with Crippen molar-refractivity contribution < 1.29 is 14.3 Å². The van der Waals surface area contributed by atoms with Crippen LogP contribution in [-0.2, 0) is 14.3 Å². The third kappa shape index (κ3) is 4.70. The Bertz CT molecular complexity index is 351. The van der Waals surface area contributed by atoms with E-state index in [2.05, 4.69) is 0 Å². The summed E-state index contributed by atoms with van der Waals surface area (Å²) in [6.07, 6.45) is 8.84. The predicted molar refractivity (Wildman–Crippen MR) is 80.9 cm³/mol. The maximum atomic E-state index is 12.5. The first-order valence-corrected chi connectivity index (χ1v) is 8.32. The minimum Gasteiger partial charge on any atom is -0.468 e. The molecular weight excluding hydrogens is 268 g/mol. The molecule has 2 saturated heterocycles. The summed E-state index contributed by atoms with van der Waals surface area (Å²) >= 11 is 0. The molecule has 1 amide bonds. The highest BCUT2D eigenvalue weighted by Gasteiger charge is 2.31. The van der Waals surface area contributed by atoms with Crippen LogP contribution in [0.4, 0.5) is 0 Å². The Kier molecular flexibility index (Phi) is 6.49. The van der Waals surface area contributed by atoms with Crippen LogP contribution >= 0.6 is 0 Å². The Morgan fingerprint density at radius 3 is 2.24 bits per heavy atom. The molecule has 0 saturated carbocycles. The van der Waals surface area contributed by atoms with Crippen LogP contribution in [0, 0.1) is 0 Å². The van der Waals surface area contributed by atoms with Gasteiger partial charge in [-0.25, -0.2) is 0 Å². The normalized spacial score (nSPS) is 25.0. The number of rotatable bonds is 3. The van der Waals surface area contributed by atoms with Gasteiger partial charge < -0.3 is 9.64 Å². The summed E-state index contributed by atoms with van der Waals surface area (Å²) in [5.41, 5.74) is 0. The Balaban J connectivity index is 1.90. The van der Waals surface area contributed by atoms with E-state index in [4.69, 9.17) is 4.74 Å². The van der Waals surface area contributed by atoms with Gasteiger partial charge in [-0.1, -0.05) is 25.7 Å². The Morgan fingerprint density at radius 2 is 1.57 bits per heavy atom. The van der Waals surface area contributed by atoms with Gasteiger partial charge in [0.1, 0.15) is 6.04 Å². The van der Waals surface area contributed by atoms with Gasteiger partial charge in [-0.3, -0.25) is 14.5 Å². The van der Waals surface area contributed by atoms with Crippen LogP contribution in [0.15, 0.2) is 0 Å². The summed E-state index contributed by atoms with van der Waals surface area (Å²) in [6.45, 7) is 2.92. The molecule has 120 valence electrons. The average Bonchev–Trinajstić information content (AvgIpc) is 2.46. The Labute approximate surface area is 127 Å². The molecule has 0 unspecified atom stereocenters. The van der Waals surface area contributed by atoms with E-state index in [1.807, 2.05) is 9.80 Å². The average molecular weight is 296 g/mol. The van der Waals surface area contributed by atoms with Crippen LogP contribution in [0.25, 0.3) is 0 Å². The molecule has 2 fully saturated rings. The number of carbonyl (C=O) groups excluding carboxylic acids is 2. The number of hydrogen-bond donors (Lipinski definition) is 0. The smallest absolute Gasteiger partial charge is 0.323 e. The zero-order valence-electron chi connectivity index (χ0n) is 13.2. The van der Waals surface area contributed by atoms with Crippen molar-refractivity contribution in [3.8, 4) is 0 Å². The molecule has 0 N–H and O–H groups in total. The molecule has 1 atom stereocenters. The van der Waals surface area contributed by atoms with Crippen molar-refractivity contribution in [2.75, 3.05) is 33.3 Å². The van der Waals surface area contributed by atoms with Crippen LogP contribution in [-0.4, -0.2) is 61.0 Å². The molecule has 21 heavy (non-hydrogen) atoms. The van der Waals surface area contributed by atoms with Gasteiger partial charge in [0, 0.05) is 13.1 Å². The van der Waals surface area contributed by atoms with Crippen LogP contribution < -0.4 is 0 Å². The highest BCUT2D eigenvalue weighted by Crippen LogP contribution is 2.19. The summed E-state index contributed by atoms with van der Waals surface area (Å²) in [6, 6.07) is -0.234. The highest BCUT2D eigenvalue weighted by molar-refractivity contribution is 5.80. The maximum absolute atomic E-state index is 12.5. The predicted octanol–water partition coefficient (Wildman–Crippen LogP) is 1.81. The number of hydrogen-bond acceptors (Lipinski definition) is 4. The van der Waals surface area contributed by atoms with Crippen LogP contribution in [0.2, 0.25) is 0 Å². The van der Waals surface area contributed by atoms with E-state index in [1.54, 1.807) is 0 Å². The molecule has 0 aromatic rings. The first kappa shape index (κ1) is 16.3. The van der Waals surface area contributed by atoms with Crippen molar-refractivity contribution in [1.29, 1.82) is 0 Å². The summed E-state index contributed by atoms with van der Waals surface area (Å²) in [4.78, 5) is 28.4. The minimum atomic E-state index is -0.234. The van der Waals surface area contributed by atoms with Crippen molar-refractivity contribution in [3.63, 3.8) is 0 Å².